The van der Waals surface area contributed by atoms with Gasteiger partial charge in [0.1, 0.15) is 11.5 Å². The van der Waals surface area contributed by atoms with E-state index < -0.39 is 17.4 Å². The van der Waals surface area contributed by atoms with E-state index in [-0.39, 0.29) is 18.0 Å². The predicted octanol–water partition coefficient (Wildman–Crippen LogP) is 1.91. The second-order valence-corrected chi connectivity index (χ2v) is 6.53. The average Bonchev–Trinajstić information content (AvgIpc) is 3.14. The highest BCUT2D eigenvalue weighted by molar-refractivity contribution is 5.91. The number of rotatable bonds is 7. The van der Waals surface area contributed by atoms with Crippen molar-refractivity contribution in [2.45, 2.75) is 51.2 Å². The van der Waals surface area contributed by atoms with Crippen LogP contribution in [0.2, 0.25) is 0 Å². The second-order valence-electron chi connectivity index (χ2n) is 6.53. The quantitative estimate of drug-likeness (QED) is 0.409. The van der Waals surface area contributed by atoms with E-state index in [4.69, 9.17) is 9.47 Å². The Balaban J connectivity index is 1.73. The summed E-state index contributed by atoms with van der Waals surface area (Å²) in [6.07, 6.45) is 7.48. The minimum absolute atomic E-state index is 0.0535. The molecule has 0 aromatic heterocycles. The first-order valence-corrected chi connectivity index (χ1v) is 8.45. The number of ether oxygens (including phenoxy) is 2. The lowest BCUT2D eigenvalue weighted by atomic mass is 9.77. The number of fused-ring (bicyclic) bond motifs is 1. The molecule has 0 saturated carbocycles. The standard InChI is InChI=1S/C17H25NO4/c1-3-5-9-18-11-17-8-7-12(22-17)13(14(17)15(18)19)16(20)21-10-6-4-2/h7-8,12-14H,3-6,9-11H2,1-2H3/t12-,13-,14+,17-/m0/s1. The summed E-state index contributed by atoms with van der Waals surface area (Å²) in [5.41, 5.74) is -0.593. The molecule has 0 aromatic carbocycles. The number of carbonyl (C=O) groups excluding carboxylic acids is 2. The highest BCUT2D eigenvalue weighted by atomic mass is 16.6. The monoisotopic (exact) mass is 307 g/mol. The van der Waals surface area contributed by atoms with Crippen molar-refractivity contribution < 1.29 is 19.1 Å². The van der Waals surface area contributed by atoms with Crippen LogP contribution >= 0.6 is 0 Å². The van der Waals surface area contributed by atoms with E-state index in [0.717, 1.165) is 32.2 Å². The Kier molecular flexibility index (Phi) is 4.26. The van der Waals surface area contributed by atoms with Crippen LogP contribution in [0.1, 0.15) is 39.5 Å². The third-order valence-corrected chi connectivity index (χ3v) is 4.97. The van der Waals surface area contributed by atoms with Gasteiger partial charge in [-0.05, 0) is 12.8 Å². The number of amides is 1. The van der Waals surface area contributed by atoms with Crippen molar-refractivity contribution in [2.24, 2.45) is 11.8 Å². The molecule has 3 aliphatic heterocycles. The third-order valence-electron chi connectivity index (χ3n) is 4.97. The van der Waals surface area contributed by atoms with Gasteiger partial charge in [-0.25, -0.2) is 0 Å². The highest BCUT2D eigenvalue weighted by Gasteiger charge is 2.67. The Morgan fingerprint density at radius 1 is 1.41 bits per heavy atom. The van der Waals surface area contributed by atoms with Crippen molar-refractivity contribution in [3.05, 3.63) is 12.2 Å². The summed E-state index contributed by atoms with van der Waals surface area (Å²) in [6, 6.07) is 0. The number of hydrogen-bond donors (Lipinski definition) is 0. The van der Waals surface area contributed by atoms with Crippen molar-refractivity contribution in [3.8, 4) is 0 Å². The maximum atomic E-state index is 12.7. The summed E-state index contributed by atoms with van der Waals surface area (Å²) in [5.74, 6) is -1.09. The van der Waals surface area contributed by atoms with Crippen molar-refractivity contribution in [1.82, 2.24) is 4.90 Å². The molecule has 1 spiro atoms. The summed E-state index contributed by atoms with van der Waals surface area (Å²) in [5, 5.41) is 0. The molecule has 122 valence electrons. The zero-order valence-electron chi connectivity index (χ0n) is 13.4. The smallest absolute Gasteiger partial charge is 0.312 e. The molecule has 3 heterocycles. The Bertz CT molecular complexity index is 489. The number of hydrogen-bond acceptors (Lipinski definition) is 4. The zero-order chi connectivity index (χ0) is 15.7. The lowest BCUT2D eigenvalue weighted by Gasteiger charge is -2.22. The number of unbranched alkanes of at least 4 members (excludes halogenated alkanes) is 2. The molecule has 3 aliphatic rings. The fourth-order valence-electron chi connectivity index (χ4n) is 3.80. The Labute approximate surface area is 131 Å². The molecule has 0 aromatic rings. The first kappa shape index (κ1) is 15.5. The SMILES string of the molecule is CCCCOC(=O)[C@H]1[C@@H]2C=C[C@@]3(CN(CCCC)C(=O)[C@@H]13)O2. The van der Waals surface area contributed by atoms with Gasteiger partial charge in [0.05, 0.1) is 25.2 Å². The molecule has 1 amide bonds. The van der Waals surface area contributed by atoms with E-state index in [0.29, 0.717) is 13.2 Å². The first-order chi connectivity index (χ1) is 10.6. The number of carbonyl (C=O) groups is 2. The van der Waals surface area contributed by atoms with Crippen LogP contribution in [0.15, 0.2) is 12.2 Å². The van der Waals surface area contributed by atoms with E-state index in [1.807, 2.05) is 17.1 Å². The molecule has 2 fully saturated rings. The van der Waals surface area contributed by atoms with Crippen molar-refractivity contribution in [1.29, 1.82) is 0 Å². The molecular weight excluding hydrogens is 282 g/mol. The van der Waals surface area contributed by atoms with Crippen molar-refractivity contribution in [3.63, 3.8) is 0 Å². The van der Waals surface area contributed by atoms with E-state index in [2.05, 4.69) is 13.8 Å². The molecule has 0 unspecified atom stereocenters. The molecule has 0 aliphatic carbocycles. The largest absolute Gasteiger partial charge is 0.465 e. The topological polar surface area (TPSA) is 55.8 Å². The number of likely N-dealkylation sites (tertiary alicyclic amines) is 1. The van der Waals surface area contributed by atoms with Crippen LogP contribution in [0.4, 0.5) is 0 Å². The average molecular weight is 307 g/mol. The summed E-state index contributed by atoms with van der Waals surface area (Å²) < 4.78 is 11.4. The number of esters is 1. The van der Waals surface area contributed by atoms with Crippen LogP contribution in [-0.2, 0) is 19.1 Å². The maximum Gasteiger partial charge on any atom is 0.312 e. The lowest BCUT2D eigenvalue weighted by Crippen LogP contribution is -2.40. The molecule has 3 rings (SSSR count). The van der Waals surface area contributed by atoms with Crippen LogP contribution in [-0.4, -0.2) is 48.2 Å². The Hall–Kier alpha value is -1.36. The van der Waals surface area contributed by atoms with E-state index in [1.165, 1.54) is 0 Å². The molecule has 0 radical (unpaired) electrons. The van der Waals surface area contributed by atoms with E-state index in [9.17, 15) is 9.59 Å². The van der Waals surface area contributed by atoms with Gasteiger partial charge < -0.3 is 14.4 Å². The fraction of sp³-hybridized carbons (Fsp3) is 0.765. The van der Waals surface area contributed by atoms with Gasteiger partial charge in [0.2, 0.25) is 5.91 Å². The highest BCUT2D eigenvalue weighted by Crippen LogP contribution is 2.52. The van der Waals surface area contributed by atoms with Gasteiger partial charge >= 0.3 is 5.97 Å². The van der Waals surface area contributed by atoms with Crippen LogP contribution in [0, 0.1) is 11.8 Å². The normalized spacial score (nSPS) is 35.3. The molecule has 4 atom stereocenters. The van der Waals surface area contributed by atoms with Gasteiger partial charge in [0.15, 0.2) is 0 Å². The van der Waals surface area contributed by atoms with Gasteiger partial charge in [0.25, 0.3) is 0 Å². The molecular formula is C17H25NO4. The Morgan fingerprint density at radius 2 is 2.18 bits per heavy atom. The van der Waals surface area contributed by atoms with Gasteiger partial charge in [-0.1, -0.05) is 38.8 Å². The molecule has 2 bridgehead atoms. The van der Waals surface area contributed by atoms with Gasteiger partial charge in [0, 0.05) is 6.54 Å². The minimum Gasteiger partial charge on any atom is -0.465 e. The molecule has 5 heteroatoms. The summed E-state index contributed by atoms with van der Waals surface area (Å²) in [7, 11) is 0. The van der Waals surface area contributed by atoms with Crippen LogP contribution < -0.4 is 0 Å². The lowest BCUT2D eigenvalue weighted by molar-refractivity contribution is -0.153. The minimum atomic E-state index is -0.593. The molecule has 0 N–H and O–H groups in total. The van der Waals surface area contributed by atoms with Crippen LogP contribution in [0.3, 0.4) is 0 Å². The van der Waals surface area contributed by atoms with Crippen LogP contribution in [0.5, 0.6) is 0 Å². The Morgan fingerprint density at radius 3 is 2.91 bits per heavy atom. The summed E-state index contributed by atoms with van der Waals surface area (Å²) in [4.78, 5) is 27.0. The predicted molar refractivity (Wildman–Crippen MR) is 81.1 cm³/mol. The maximum absolute atomic E-state index is 12.7. The second kappa shape index (κ2) is 6.03. The zero-order valence-corrected chi connectivity index (χ0v) is 13.4. The molecule has 2 saturated heterocycles. The van der Waals surface area contributed by atoms with Gasteiger partial charge in [-0.15, -0.1) is 0 Å². The summed E-state index contributed by atoms with van der Waals surface area (Å²) >= 11 is 0. The number of nitrogens with zero attached hydrogens (tertiary/aromatic N) is 1. The van der Waals surface area contributed by atoms with E-state index in [1.54, 1.807) is 0 Å². The van der Waals surface area contributed by atoms with Crippen molar-refractivity contribution in [2.75, 3.05) is 19.7 Å². The molecule has 5 nitrogen and oxygen atoms in total. The van der Waals surface area contributed by atoms with Crippen molar-refractivity contribution >= 4 is 11.9 Å². The first-order valence-electron chi connectivity index (χ1n) is 8.45. The van der Waals surface area contributed by atoms with Gasteiger partial charge in [-0.2, -0.15) is 0 Å². The fourth-order valence-corrected chi connectivity index (χ4v) is 3.80. The van der Waals surface area contributed by atoms with Crippen LogP contribution in [0.25, 0.3) is 0 Å². The summed E-state index contributed by atoms with van der Waals surface area (Å²) in [6.45, 7) is 5.90. The van der Waals surface area contributed by atoms with Gasteiger partial charge in [-0.3, -0.25) is 9.59 Å². The van der Waals surface area contributed by atoms with E-state index >= 15 is 0 Å². The molecule has 22 heavy (non-hydrogen) atoms. The third kappa shape index (κ3) is 2.35.